The Morgan fingerprint density at radius 2 is 1.65 bits per heavy atom. The molecular weight excluding hydrogens is 736 g/mol. The van der Waals surface area contributed by atoms with Gasteiger partial charge in [0.05, 0.1) is 29.0 Å². The van der Waals surface area contributed by atoms with E-state index < -0.39 is 52.9 Å². The maximum absolute atomic E-state index is 13.8. The summed E-state index contributed by atoms with van der Waals surface area (Å²) in [5.74, 6) is -1.95. The van der Waals surface area contributed by atoms with Crippen molar-refractivity contribution < 1.29 is 47.7 Å². The Hall–Kier alpha value is -6.25. The van der Waals surface area contributed by atoms with Gasteiger partial charge in [0.2, 0.25) is 11.5 Å². The molecule has 2 amide bonds. The van der Waals surface area contributed by atoms with Crippen LogP contribution in [0.4, 0.5) is 15.3 Å². The highest BCUT2D eigenvalue weighted by atomic mass is 16.7. The molecule has 0 spiro atoms. The Morgan fingerprint density at radius 3 is 2.33 bits per heavy atom. The van der Waals surface area contributed by atoms with Gasteiger partial charge < -0.3 is 38.9 Å². The van der Waals surface area contributed by atoms with Crippen LogP contribution in [0.1, 0.15) is 90.0 Å². The third kappa shape index (κ3) is 9.08. The Bertz CT molecular complexity index is 2300. The lowest BCUT2D eigenvalue weighted by Crippen LogP contribution is -2.47. The van der Waals surface area contributed by atoms with Crippen molar-refractivity contribution in [3.63, 3.8) is 0 Å². The first-order valence-corrected chi connectivity index (χ1v) is 18.7. The molecule has 4 aromatic rings. The maximum atomic E-state index is 13.8. The van der Waals surface area contributed by atoms with E-state index in [-0.39, 0.29) is 49.2 Å². The molecule has 2 aliphatic heterocycles. The second kappa shape index (κ2) is 15.7. The van der Waals surface area contributed by atoms with Crippen molar-refractivity contribution in [1.29, 1.82) is 0 Å². The van der Waals surface area contributed by atoms with E-state index in [1.54, 1.807) is 83.4 Å². The molecule has 0 saturated carbocycles. The van der Waals surface area contributed by atoms with Crippen molar-refractivity contribution in [2.45, 2.75) is 110 Å². The third-order valence-corrected chi connectivity index (χ3v) is 9.28. The molecule has 2 aromatic carbocycles. The fraction of sp³-hybridized carbons (Fsp3) is 0.405. The summed E-state index contributed by atoms with van der Waals surface area (Å²) in [4.78, 5) is 83.2. The number of aromatic nitrogens is 2. The number of nitrogens with one attached hydrogen (secondary N) is 2. The number of hydrogen-bond acceptors (Lipinski definition) is 12. The Labute approximate surface area is 329 Å². The van der Waals surface area contributed by atoms with Crippen molar-refractivity contribution in [2.75, 3.05) is 5.32 Å². The van der Waals surface area contributed by atoms with Gasteiger partial charge >= 0.3 is 24.2 Å². The molecule has 15 heteroatoms. The van der Waals surface area contributed by atoms with E-state index in [9.17, 15) is 28.8 Å². The fourth-order valence-electron chi connectivity index (χ4n) is 6.65. The SMILES string of the molecule is CC[C@@]1(OC(=O)OCc2ccc(NC(=O)CC[C@H](NC(=O)OC(C)(C)C)C(=O)OC(C)(C)C)cc2)C(=O)OCc2c1cc1n(c2=O)Cc2cc3ccccc3nc2-1. The van der Waals surface area contributed by atoms with Gasteiger partial charge in [-0.2, -0.15) is 0 Å². The van der Waals surface area contributed by atoms with E-state index in [0.29, 0.717) is 29.2 Å². The van der Waals surface area contributed by atoms with E-state index in [1.165, 1.54) is 0 Å². The van der Waals surface area contributed by atoms with Gasteiger partial charge in [-0.3, -0.25) is 9.59 Å². The molecule has 15 nitrogen and oxygen atoms in total. The van der Waals surface area contributed by atoms with Crippen LogP contribution in [0.15, 0.2) is 65.5 Å². The number of benzene rings is 2. The summed E-state index contributed by atoms with van der Waals surface area (Å²) in [5, 5.41) is 6.17. The summed E-state index contributed by atoms with van der Waals surface area (Å²) in [7, 11) is 0. The zero-order valence-corrected chi connectivity index (χ0v) is 33.0. The lowest BCUT2D eigenvalue weighted by Gasteiger charge is -2.35. The topological polar surface area (TPSA) is 190 Å². The van der Waals surface area contributed by atoms with Gasteiger partial charge in [0.25, 0.3) is 5.56 Å². The third-order valence-electron chi connectivity index (χ3n) is 9.28. The molecule has 300 valence electrons. The molecule has 57 heavy (non-hydrogen) atoms. The largest absolute Gasteiger partial charge is 0.510 e. The monoisotopic (exact) mass is 782 g/mol. The van der Waals surface area contributed by atoms with Crippen molar-refractivity contribution in [3.8, 4) is 11.4 Å². The highest BCUT2D eigenvalue weighted by molar-refractivity contribution is 5.92. The van der Waals surface area contributed by atoms with Crippen molar-refractivity contribution in [1.82, 2.24) is 14.9 Å². The van der Waals surface area contributed by atoms with Crippen LogP contribution in [0.2, 0.25) is 0 Å². The number of hydrogen-bond donors (Lipinski definition) is 2. The predicted molar refractivity (Wildman–Crippen MR) is 207 cm³/mol. The van der Waals surface area contributed by atoms with Gasteiger partial charge in [-0.25, -0.2) is 24.2 Å². The first-order chi connectivity index (χ1) is 26.9. The summed E-state index contributed by atoms with van der Waals surface area (Å²) < 4.78 is 28.9. The van der Waals surface area contributed by atoms with Gasteiger partial charge in [0.1, 0.15) is 30.5 Å². The lowest BCUT2D eigenvalue weighted by atomic mass is 9.85. The van der Waals surface area contributed by atoms with Crippen LogP contribution in [-0.2, 0) is 63.4 Å². The number of esters is 2. The minimum Gasteiger partial charge on any atom is -0.458 e. The first-order valence-electron chi connectivity index (χ1n) is 18.7. The second-order valence-corrected chi connectivity index (χ2v) is 15.9. The first kappa shape index (κ1) is 40.4. The number of amides is 2. The fourth-order valence-corrected chi connectivity index (χ4v) is 6.65. The number of nitrogens with zero attached hydrogens (tertiary/aromatic N) is 2. The van der Waals surface area contributed by atoms with Crippen LogP contribution in [-0.4, -0.2) is 56.9 Å². The van der Waals surface area contributed by atoms with E-state index in [2.05, 4.69) is 10.6 Å². The summed E-state index contributed by atoms with van der Waals surface area (Å²) in [6.07, 6.45) is -2.17. The average molecular weight is 783 g/mol. The van der Waals surface area contributed by atoms with Crippen molar-refractivity contribution in [2.24, 2.45) is 0 Å². The van der Waals surface area contributed by atoms with Crippen LogP contribution in [0, 0.1) is 0 Å². The number of alkyl carbamates (subject to hydrolysis) is 1. The zero-order chi connectivity index (χ0) is 41.3. The van der Waals surface area contributed by atoms with Gasteiger partial charge in [0, 0.05) is 28.6 Å². The zero-order valence-electron chi connectivity index (χ0n) is 33.0. The van der Waals surface area contributed by atoms with E-state index in [0.717, 1.165) is 16.5 Å². The Morgan fingerprint density at radius 1 is 0.947 bits per heavy atom. The molecule has 4 heterocycles. The van der Waals surface area contributed by atoms with E-state index in [4.69, 9.17) is 28.7 Å². The molecule has 0 fully saturated rings. The van der Waals surface area contributed by atoms with E-state index in [1.807, 2.05) is 30.3 Å². The lowest BCUT2D eigenvalue weighted by molar-refractivity contribution is -0.175. The molecule has 2 atom stereocenters. The molecule has 2 aromatic heterocycles. The highest BCUT2D eigenvalue weighted by Crippen LogP contribution is 2.41. The number of carbonyl (C=O) groups excluding carboxylic acids is 5. The van der Waals surface area contributed by atoms with Crippen LogP contribution < -0.4 is 16.2 Å². The van der Waals surface area contributed by atoms with Gasteiger partial charge in [-0.15, -0.1) is 0 Å². The number of anilines is 1. The van der Waals surface area contributed by atoms with Gasteiger partial charge in [-0.05, 0) is 90.3 Å². The normalized spacial score (nSPS) is 16.3. The molecular formula is C42H46N4O11. The number of carbonyl (C=O) groups is 5. The minimum absolute atomic E-state index is 0.0290. The molecule has 2 N–H and O–H groups in total. The van der Waals surface area contributed by atoms with Gasteiger partial charge in [-0.1, -0.05) is 37.3 Å². The van der Waals surface area contributed by atoms with Crippen LogP contribution >= 0.6 is 0 Å². The number of pyridine rings is 2. The Balaban J connectivity index is 1.09. The number of rotatable bonds is 10. The standard InChI is InChI=1S/C42H46N4O11/c1-8-42(29-20-32-34-26(19-25-11-9-10-12-30(25)44-34)21-46(32)35(48)28(29)23-53-37(42)50)57-39(52)54-22-24-13-15-27(16-14-24)43-33(47)18-17-31(36(49)55-40(2,3)4)45-38(51)56-41(5,6)7/h9-16,19-20,31H,8,17-18,21-23H2,1-7H3,(H,43,47)(H,45,51)/t31-,42-/m0/s1. The molecule has 0 radical (unpaired) electrons. The highest BCUT2D eigenvalue weighted by Gasteiger charge is 2.51. The van der Waals surface area contributed by atoms with Gasteiger partial charge in [0.15, 0.2) is 0 Å². The average Bonchev–Trinajstić information content (AvgIpc) is 3.49. The molecule has 2 aliphatic rings. The smallest absolute Gasteiger partial charge is 0.458 e. The minimum atomic E-state index is -1.93. The van der Waals surface area contributed by atoms with Crippen LogP contribution in [0.5, 0.6) is 0 Å². The second-order valence-electron chi connectivity index (χ2n) is 15.9. The molecule has 6 rings (SSSR count). The number of para-hydroxylation sites is 1. The molecule has 0 saturated heterocycles. The molecule has 0 bridgehead atoms. The number of cyclic esters (lactones) is 1. The summed E-state index contributed by atoms with van der Waals surface area (Å²) in [6, 6.07) is 16.6. The molecule has 0 aliphatic carbocycles. The van der Waals surface area contributed by atoms with Crippen LogP contribution in [0.25, 0.3) is 22.3 Å². The Kier molecular flexibility index (Phi) is 11.1. The summed E-state index contributed by atoms with van der Waals surface area (Å²) in [5.41, 5.74) is 0.233. The van der Waals surface area contributed by atoms with Crippen molar-refractivity contribution in [3.05, 3.63) is 93.3 Å². The van der Waals surface area contributed by atoms with E-state index >= 15 is 0 Å². The number of fused-ring (bicyclic) bond motifs is 5. The number of ether oxygens (including phenoxy) is 5. The van der Waals surface area contributed by atoms with Crippen molar-refractivity contribution >= 4 is 46.7 Å². The predicted octanol–water partition coefficient (Wildman–Crippen LogP) is 6.39. The van der Waals surface area contributed by atoms with Crippen LogP contribution in [0.3, 0.4) is 0 Å². The summed E-state index contributed by atoms with van der Waals surface area (Å²) in [6.45, 7) is 11.6. The summed E-state index contributed by atoms with van der Waals surface area (Å²) >= 11 is 0. The quantitative estimate of drug-likeness (QED) is 0.117. The maximum Gasteiger partial charge on any atom is 0.510 e. The molecule has 0 unspecified atom stereocenters.